The van der Waals surface area contributed by atoms with E-state index in [9.17, 15) is 4.79 Å². The summed E-state index contributed by atoms with van der Waals surface area (Å²) in [5.74, 6) is 0.969. The Hall–Kier alpha value is -2.34. The molecule has 1 aromatic heterocycles. The van der Waals surface area contributed by atoms with Gasteiger partial charge in [-0.1, -0.05) is 17.7 Å². The highest BCUT2D eigenvalue weighted by atomic mass is 16.5. The number of benzene rings is 1. The number of ether oxygens (including phenoxy) is 1. The molecule has 1 atom stereocenters. The van der Waals surface area contributed by atoms with Crippen LogP contribution in [0.25, 0.3) is 0 Å². The lowest BCUT2D eigenvalue weighted by atomic mass is 10.0. The molecule has 1 amide bonds. The monoisotopic (exact) mass is 328 g/mol. The first-order valence-corrected chi connectivity index (χ1v) is 8.29. The molecule has 0 bridgehead atoms. The van der Waals surface area contributed by atoms with Gasteiger partial charge in [0.25, 0.3) is 5.91 Å². The molecule has 1 aliphatic heterocycles. The van der Waals surface area contributed by atoms with Crippen molar-refractivity contribution < 1.29 is 9.53 Å². The summed E-state index contributed by atoms with van der Waals surface area (Å²) in [6, 6.07) is 4.11. The molecule has 1 aromatic carbocycles. The van der Waals surface area contributed by atoms with E-state index >= 15 is 0 Å². The number of anilines is 1. The average Bonchev–Trinajstić information content (AvgIpc) is 3.16. The van der Waals surface area contributed by atoms with Crippen LogP contribution >= 0.6 is 0 Å². The van der Waals surface area contributed by atoms with Gasteiger partial charge in [0.1, 0.15) is 5.75 Å². The van der Waals surface area contributed by atoms with Gasteiger partial charge >= 0.3 is 0 Å². The third-order valence-corrected chi connectivity index (χ3v) is 4.36. The van der Waals surface area contributed by atoms with E-state index in [0.29, 0.717) is 5.92 Å². The zero-order valence-corrected chi connectivity index (χ0v) is 14.4. The van der Waals surface area contributed by atoms with Gasteiger partial charge in [-0.25, -0.2) is 0 Å². The Morgan fingerprint density at radius 3 is 2.75 bits per heavy atom. The standard InChI is InChI=1S/C18H24N4O2/c1-11-6-12(2)18(13(3)7-11)24-10-16(23)21-15-9-20-22-17(15)14-4-5-19-8-14/h6-7,9,14,19H,4-5,8,10H2,1-3H3,(H,20,22)(H,21,23). The number of hydrogen-bond acceptors (Lipinski definition) is 4. The lowest BCUT2D eigenvalue weighted by molar-refractivity contribution is -0.118. The molecule has 0 radical (unpaired) electrons. The molecular weight excluding hydrogens is 304 g/mol. The van der Waals surface area contributed by atoms with Crippen LogP contribution < -0.4 is 15.4 Å². The molecule has 1 aliphatic rings. The number of hydrogen-bond donors (Lipinski definition) is 3. The number of nitrogens with zero attached hydrogens (tertiary/aromatic N) is 1. The zero-order valence-electron chi connectivity index (χ0n) is 14.4. The van der Waals surface area contributed by atoms with Crippen molar-refractivity contribution in [3.8, 4) is 5.75 Å². The van der Waals surface area contributed by atoms with E-state index in [1.54, 1.807) is 6.20 Å². The number of amides is 1. The zero-order chi connectivity index (χ0) is 17.1. The average molecular weight is 328 g/mol. The van der Waals surface area contributed by atoms with Crippen molar-refractivity contribution in [2.75, 3.05) is 25.0 Å². The van der Waals surface area contributed by atoms with Gasteiger partial charge in [0.05, 0.1) is 17.6 Å². The first-order chi connectivity index (χ1) is 11.5. The Labute approximate surface area is 142 Å². The van der Waals surface area contributed by atoms with Gasteiger partial charge in [0.15, 0.2) is 6.61 Å². The molecule has 1 fully saturated rings. The maximum absolute atomic E-state index is 12.2. The van der Waals surface area contributed by atoms with Crippen molar-refractivity contribution in [1.29, 1.82) is 0 Å². The van der Waals surface area contributed by atoms with Gasteiger partial charge in [-0.2, -0.15) is 5.10 Å². The number of carbonyl (C=O) groups excluding carboxylic acids is 1. The van der Waals surface area contributed by atoms with Gasteiger partial charge in [0, 0.05) is 12.5 Å². The van der Waals surface area contributed by atoms with E-state index in [2.05, 4.69) is 39.9 Å². The maximum atomic E-state index is 12.2. The number of nitrogens with one attached hydrogen (secondary N) is 3. The van der Waals surface area contributed by atoms with Gasteiger partial charge in [-0.3, -0.25) is 9.89 Å². The van der Waals surface area contributed by atoms with E-state index in [0.717, 1.165) is 47.8 Å². The highest BCUT2D eigenvalue weighted by Gasteiger charge is 2.22. The predicted molar refractivity (Wildman–Crippen MR) is 93.6 cm³/mol. The highest BCUT2D eigenvalue weighted by molar-refractivity contribution is 5.92. The molecule has 128 valence electrons. The predicted octanol–water partition coefficient (Wildman–Crippen LogP) is 2.43. The fourth-order valence-electron chi connectivity index (χ4n) is 3.33. The molecule has 1 unspecified atom stereocenters. The summed E-state index contributed by atoms with van der Waals surface area (Å²) in [5.41, 5.74) is 5.00. The molecule has 2 aromatic rings. The normalized spacial score (nSPS) is 17.0. The van der Waals surface area contributed by atoms with Crippen LogP contribution in [0, 0.1) is 20.8 Å². The molecule has 0 spiro atoms. The smallest absolute Gasteiger partial charge is 0.262 e. The summed E-state index contributed by atoms with van der Waals surface area (Å²) in [5, 5.41) is 13.3. The Morgan fingerprint density at radius 1 is 1.33 bits per heavy atom. The summed E-state index contributed by atoms with van der Waals surface area (Å²) in [4.78, 5) is 12.2. The first kappa shape index (κ1) is 16.5. The van der Waals surface area contributed by atoms with Crippen LogP contribution in [-0.2, 0) is 4.79 Å². The number of rotatable bonds is 5. The largest absolute Gasteiger partial charge is 0.483 e. The molecular formula is C18H24N4O2. The Balaban J connectivity index is 1.62. The van der Waals surface area contributed by atoms with E-state index in [1.165, 1.54) is 5.56 Å². The SMILES string of the molecule is Cc1cc(C)c(OCC(=O)Nc2cn[nH]c2C2CCNC2)c(C)c1. The van der Waals surface area contributed by atoms with Crippen molar-refractivity contribution in [2.45, 2.75) is 33.1 Å². The topological polar surface area (TPSA) is 79.0 Å². The van der Waals surface area contributed by atoms with E-state index < -0.39 is 0 Å². The van der Waals surface area contributed by atoms with E-state index in [-0.39, 0.29) is 12.5 Å². The number of carbonyl (C=O) groups is 1. The third kappa shape index (κ3) is 3.59. The Bertz CT molecular complexity index is 709. The van der Waals surface area contributed by atoms with Crippen molar-refractivity contribution in [2.24, 2.45) is 0 Å². The summed E-state index contributed by atoms with van der Waals surface area (Å²) in [6.45, 7) is 7.92. The fourth-order valence-corrected chi connectivity index (χ4v) is 3.33. The van der Waals surface area contributed by atoms with Crippen molar-refractivity contribution >= 4 is 11.6 Å². The van der Waals surface area contributed by atoms with E-state index in [1.807, 2.05) is 13.8 Å². The minimum absolute atomic E-state index is 0.0156. The number of aromatic amines is 1. The molecule has 24 heavy (non-hydrogen) atoms. The van der Waals surface area contributed by atoms with Crippen LogP contribution in [0.15, 0.2) is 18.3 Å². The maximum Gasteiger partial charge on any atom is 0.262 e. The second kappa shape index (κ2) is 7.05. The molecule has 6 nitrogen and oxygen atoms in total. The van der Waals surface area contributed by atoms with Crippen molar-refractivity contribution in [3.05, 3.63) is 40.7 Å². The second-order valence-corrected chi connectivity index (χ2v) is 6.45. The van der Waals surface area contributed by atoms with Crippen LogP contribution in [0.3, 0.4) is 0 Å². The molecule has 1 saturated heterocycles. The highest BCUT2D eigenvalue weighted by Crippen LogP contribution is 2.27. The second-order valence-electron chi connectivity index (χ2n) is 6.45. The molecule has 2 heterocycles. The van der Waals surface area contributed by atoms with Crippen LogP contribution in [0.4, 0.5) is 5.69 Å². The molecule has 3 N–H and O–H groups in total. The minimum Gasteiger partial charge on any atom is -0.483 e. The van der Waals surface area contributed by atoms with Crippen LogP contribution in [0.1, 0.15) is 34.7 Å². The molecule has 0 saturated carbocycles. The number of H-pyrrole nitrogens is 1. The summed E-state index contributed by atoms with van der Waals surface area (Å²) < 4.78 is 5.74. The third-order valence-electron chi connectivity index (χ3n) is 4.36. The van der Waals surface area contributed by atoms with Crippen LogP contribution in [-0.4, -0.2) is 35.8 Å². The summed E-state index contributed by atoms with van der Waals surface area (Å²) >= 11 is 0. The number of aromatic nitrogens is 2. The van der Waals surface area contributed by atoms with Gasteiger partial charge < -0.3 is 15.4 Å². The van der Waals surface area contributed by atoms with E-state index in [4.69, 9.17) is 4.74 Å². The summed E-state index contributed by atoms with van der Waals surface area (Å²) in [7, 11) is 0. The Morgan fingerprint density at radius 2 is 2.08 bits per heavy atom. The lowest BCUT2D eigenvalue weighted by Gasteiger charge is -2.14. The van der Waals surface area contributed by atoms with Crippen LogP contribution in [0.5, 0.6) is 5.75 Å². The molecule has 3 rings (SSSR count). The van der Waals surface area contributed by atoms with Crippen LogP contribution in [0.2, 0.25) is 0 Å². The molecule has 0 aliphatic carbocycles. The minimum atomic E-state index is -0.178. The van der Waals surface area contributed by atoms with Gasteiger partial charge in [0.2, 0.25) is 0 Å². The van der Waals surface area contributed by atoms with Gasteiger partial charge in [-0.15, -0.1) is 0 Å². The first-order valence-electron chi connectivity index (χ1n) is 8.29. The van der Waals surface area contributed by atoms with Gasteiger partial charge in [-0.05, 0) is 44.9 Å². The fraction of sp³-hybridized carbons (Fsp3) is 0.444. The van der Waals surface area contributed by atoms with Crippen molar-refractivity contribution in [1.82, 2.24) is 15.5 Å². The molecule has 6 heteroatoms. The quantitative estimate of drug-likeness (QED) is 0.787. The number of aryl methyl sites for hydroxylation is 3. The Kier molecular flexibility index (Phi) is 4.85. The summed E-state index contributed by atoms with van der Waals surface area (Å²) in [6.07, 6.45) is 2.71. The van der Waals surface area contributed by atoms with Crippen molar-refractivity contribution in [3.63, 3.8) is 0 Å². The lowest BCUT2D eigenvalue weighted by Crippen LogP contribution is -2.21.